The van der Waals surface area contributed by atoms with Crippen LogP contribution in [-0.4, -0.2) is 33.7 Å². The van der Waals surface area contributed by atoms with Crippen molar-refractivity contribution in [1.82, 2.24) is 10.4 Å². The minimum atomic E-state index is -0.597. The van der Waals surface area contributed by atoms with Crippen LogP contribution >= 0.6 is 0 Å². The molecule has 0 aromatic heterocycles. The number of carbonyl (C=O) groups is 1. The Morgan fingerprint density at radius 3 is 2.61 bits per heavy atom. The number of hydrogen-bond acceptors (Lipinski definition) is 5. The molecule has 95 valence electrons. The third-order valence-corrected chi connectivity index (χ3v) is 2.81. The highest BCUT2D eigenvalue weighted by Gasteiger charge is 2.30. The highest BCUT2D eigenvalue weighted by Crippen LogP contribution is 2.19. The first-order valence-corrected chi connectivity index (χ1v) is 5.53. The summed E-state index contributed by atoms with van der Waals surface area (Å²) >= 11 is 0. The molecule has 1 atom stereocenters. The largest absolute Gasteiger partial charge is 0.313 e. The van der Waals surface area contributed by atoms with Crippen molar-refractivity contribution < 1.29 is 14.9 Å². The summed E-state index contributed by atoms with van der Waals surface area (Å²) < 4.78 is 0. The monoisotopic (exact) mass is 250 g/mol. The first kappa shape index (κ1) is 12.5. The number of benzene rings is 1. The molecule has 0 aliphatic carbocycles. The normalized spacial score (nSPS) is 19.7. The molecule has 1 aromatic rings. The van der Waals surface area contributed by atoms with E-state index in [0.717, 1.165) is 11.5 Å². The number of amides is 1. The maximum Gasteiger partial charge on any atom is 0.269 e. The standard InChI is InChI=1S/C11H12N3O4/c15-11(10-2-1-7-13(10)16)12-8-3-5-9(6-4-8)14(17)18/h3-6,10,16H,1-2,7H2. The van der Waals surface area contributed by atoms with Gasteiger partial charge >= 0.3 is 0 Å². The van der Waals surface area contributed by atoms with Crippen LogP contribution in [0.5, 0.6) is 0 Å². The molecule has 1 radical (unpaired) electrons. The third-order valence-electron chi connectivity index (χ3n) is 2.81. The lowest BCUT2D eigenvalue weighted by molar-refractivity contribution is -0.384. The number of hydroxylamine groups is 2. The smallest absolute Gasteiger partial charge is 0.269 e. The van der Waals surface area contributed by atoms with E-state index in [1.165, 1.54) is 24.3 Å². The van der Waals surface area contributed by atoms with E-state index < -0.39 is 16.9 Å². The fourth-order valence-electron chi connectivity index (χ4n) is 1.85. The Morgan fingerprint density at radius 1 is 1.44 bits per heavy atom. The van der Waals surface area contributed by atoms with Gasteiger partial charge in [0.05, 0.1) is 10.6 Å². The lowest BCUT2D eigenvalue weighted by Crippen LogP contribution is -2.37. The molecule has 1 saturated heterocycles. The molecular formula is C11H12N3O4. The fourth-order valence-corrected chi connectivity index (χ4v) is 1.85. The predicted octanol–water partition coefficient (Wildman–Crippen LogP) is 1.21. The van der Waals surface area contributed by atoms with Gasteiger partial charge in [0.25, 0.3) is 11.6 Å². The van der Waals surface area contributed by atoms with Crippen LogP contribution in [0.4, 0.5) is 11.4 Å². The molecule has 18 heavy (non-hydrogen) atoms. The van der Waals surface area contributed by atoms with Crippen molar-refractivity contribution >= 4 is 17.3 Å². The number of hydrogen-bond donors (Lipinski definition) is 1. The Hall–Kier alpha value is -1.99. The molecule has 1 aromatic carbocycles. The number of carbonyl (C=O) groups excluding carboxylic acids is 1. The molecule has 1 heterocycles. The molecule has 1 amide bonds. The van der Waals surface area contributed by atoms with Gasteiger partial charge in [-0.2, -0.15) is 5.06 Å². The van der Waals surface area contributed by atoms with Gasteiger partial charge in [-0.3, -0.25) is 14.9 Å². The minimum Gasteiger partial charge on any atom is -0.313 e. The van der Waals surface area contributed by atoms with Crippen molar-refractivity contribution in [3.05, 3.63) is 34.4 Å². The van der Waals surface area contributed by atoms with Crippen LogP contribution in [0.2, 0.25) is 0 Å². The number of non-ortho nitro benzene ring substituents is 1. The van der Waals surface area contributed by atoms with Crippen molar-refractivity contribution in [3.8, 4) is 0 Å². The molecule has 0 saturated carbocycles. The second-order valence-corrected chi connectivity index (χ2v) is 4.04. The van der Waals surface area contributed by atoms with E-state index in [4.69, 9.17) is 0 Å². The lowest BCUT2D eigenvalue weighted by atomic mass is 10.2. The number of nitrogens with zero attached hydrogens (tertiary/aromatic N) is 3. The summed E-state index contributed by atoms with van der Waals surface area (Å²) in [6.07, 6.45) is 1.33. The van der Waals surface area contributed by atoms with E-state index in [1.54, 1.807) is 0 Å². The van der Waals surface area contributed by atoms with Crippen LogP contribution in [-0.2, 0) is 4.79 Å². The highest BCUT2D eigenvalue weighted by molar-refractivity contribution is 5.85. The second-order valence-electron chi connectivity index (χ2n) is 4.04. The first-order chi connectivity index (χ1) is 8.58. The molecule has 1 aliphatic rings. The minimum absolute atomic E-state index is 0.0500. The molecule has 0 spiro atoms. The van der Waals surface area contributed by atoms with Crippen molar-refractivity contribution in [2.24, 2.45) is 0 Å². The van der Waals surface area contributed by atoms with Crippen LogP contribution in [0, 0.1) is 10.1 Å². The SMILES string of the molecule is O=C([N]c1ccc([N+](=O)[O-])cc1)C1CCCN1O. The zero-order valence-electron chi connectivity index (χ0n) is 9.52. The quantitative estimate of drug-likeness (QED) is 0.642. The Balaban J connectivity index is 2.00. The van der Waals surface area contributed by atoms with E-state index in [2.05, 4.69) is 5.32 Å². The Morgan fingerprint density at radius 2 is 2.11 bits per heavy atom. The van der Waals surface area contributed by atoms with Gasteiger partial charge in [-0.25, -0.2) is 5.32 Å². The molecule has 0 bridgehead atoms. The van der Waals surface area contributed by atoms with Gasteiger partial charge < -0.3 is 5.21 Å². The summed E-state index contributed by atoms with van der Waals surface area (Å²) in [6, 6.07) is 4.80. The summed E-state index contributed by atoms with van der Waals surface area (Å²) in [6.45, 7) is 0.464. The molecule has 1 unspecified atom stereocenters. The fraction of sp³-hybridized carbons (Fsp3) is 0.364. The van der Waals surface area contributed by atoms with Gasteiger partial charge in [0, 0.05) is 18.7 Å². The van der Waals surface area contributed by atoms with Crippen LogP contribution < -0.4 is 5.32 Å². The van der Waals surface area contributed by atoms with Gasteiger partial charge in [0.15, 0.2) is 0 Å². The van der Waals surface area contributed by atoms with Gasteiger partial charge in [0.1, 0.15) is 6.04 Å². The van der Waals surface area contributed by atoms with Crippen LogP contribution in [0.15, 0.2) is 24.3 Å². The van der Waals surface area contributed by atoms with Gasteiger partial charge in [-0.15, -0.1) is 0 Å². The van der Waals surface area contributed by atoms with E-state index in [9.17, 15) is 20.1 Å². The highest BCUT2D eigenvalue weighted by atomic mass is 16.6. The number of rotatable bonds is 3. The van der Waals surface area contributed by atoms with Crippen LogP contribution in [0.25, 0.3) is 0 Å². The molecule has 1 fully saturated rings. The zero-order chi connectivity index (χ0) is 13.1. The van der Waals surface area contributed by atoms with Crippen LogP contribution in [0.3, 0.4) is 0 Å². The summed E-state index contributed by atoms with van der Waals surface area (Å²) in [4.78, 5) is 21.7. The Kier molecular flexibility index (Phi) is 3.54. The van der Waals surface area contributed by atoms with E-state index in [-0.39, 0.29) is 5.69 Å². The molecular weight excluding hydrogens is 238 g/mol. The molecule has 1 aliphatic heterocycles. The second kappa shape index (κ2) is 5.11. The number of nitro groups is 1. The summed E-state index contributed by atoms with van der Waals surface area (Å²) in [5.74, 6) is -0.427. The van der Waals surface area contributed by atoms with E-state index in [1.807, 2.05) is 0 Å². The Bertz CT molecular complexity index is 460. The van der Waals surface area contributed by atoms with E-state index >= 15 is 0 Å². The average Bonchev–Trinajstić information content (AvgIpc) is 2.76. The topological polar surface area (TPSA) is 97.8 Å². The molecule has 1 N–H and O–H groups in total. The zero-order valence-corrected chi connectivity index (χ0v) is 9.52. The van der Waals surface area contributed by atoms with Gasteiger partial charge in [-0.1, -0.05) is 0 Å². The maximum atomic E-state index is 11.7. The third kappa shape index (κ3) is 2.63. The van der Waals surface area contributed by atoms with Crippen molar-refractivity contribution in [1.29, 1.82) is 0 Å². The number of nitro benzene ring substituents is 1. The van der Waals surface area contributed by atoms with Crippen molar-refractivity contribution in [2.75, 3.05) is 6.54 Å². The van der Waals surface area contributed by atoms with E-state index in [0.29, 0.717) is 18.7 Å². The first-order valence-electron chi connectivity index (χ1n) is 5.53. The molecule has 7 heteroatoms. The average molecular weight is 250 g/mol. The van der Waals surface area contributed by atoms with Crippen molar-refractivity contribution in [2.45, 2.75) is 18.9 Å². The molecule has 2 rings (SSSR count). The van der Waals surface area contributed by atoms with Gasteiger partial charge in [0.2, 0.25) is 0 Å². The maximum absolute atomic E-state index is 11.7. The molecule has 7 nitrogen and oxygen atoms in total. The summed E-state index contributed by atoms with van der Waals surface area (Å²) in [5.41, 5.74) is 0.303. The summed E-state index contributed by atoms with van der Waals surface area (Å²) in [5, 5.41) is 24.7. The summed E-state index contributed by atoms with van der Waals surface area (Å²) in [7, 11) is 0. The lowest BCUT2D eigenvalue weighted by Gasteiger charge is -2.15. The van der Waals surface area contributed by atoms with Crippen molar-refractivity contribution in [3.63, 3.8) is 0 Å². The predicted molar refractivity (Wildman–Crippen MR) is 61.4 cm³/mol. The van der Waals surface area contributed by atoms with Crippen LogP contribution in [0.1, 0.15) is 12.8 Å². The van der Waals surface area contributed by atoms with Gasteiger partial charge in [-0.05, 0) is 25.0 Å². The Labute approximate surface area is 103 Å².